The highest BCUT2D eigenvalue weighted by molar-refractivity contribution is 6.30. The summed E-state index contributed by atoms with van der Waals surface area (Å²) in [5.41, 5.74) is 7.52. The normalized spacial score (nSPS) is 16.8. The summed E-state index contributed by atoms with van der Waals surface area (Å²) in [4.78, 5) is 40.3. The number of anilines is 1. The Morgan fingerprint density at radius 1 is 1.12 bits per heavy atom. The number of aliphatic carboxylic acids is 1. The molecule has 260 valence electrons. The number of aliphatic hydroxyl groups is 2. The van der Waals surface area contributed by atoms with Crippen LogP contribution in [0.3, 0.4) is 0 Å². The Morgan fingerprint density at radius 3 is 2.33 bits per heavy atom. The Kier molecular flexibility index (Phi) is 12.4. The molecule has 0 spiro atoms. The van der Waals surface area contributed by atoms with E-state index in [0.29, 0.717) is 34.7 Å². The van der Waals surface area contributed by atoms with Crippen LogP contribution in [0, 0.1) is 5.82 Å². The van der Waals surface area contributed by atoms with Crippen LogP contribution < -0.4 is 11.1 Å². The molecule has 3 atom stereocenters. The number of carbonyl (C=O) groups is 3. The molecule has 11 nitrogen and oxygen atoms in total. The van der Waals surface area contributed by atoms with Crippen molar-refractivity contribution in [3.63, 3.8) is 0 Å². The number of halogens is 5. The van der Waals surface area contributed by atoms with Crippen molar-refractivity contribution in [3.8, 4) is 11.1 Å². The zero-order valence-electron chi connectivity index (χ0n) is 26.1. The number of hydrogen-bond donors (Lipinski definition) is 5. The minimum absolute atomic E-state index is 0.150. The van der Waals surface area contributed by atoms with Crippen molar-refractivity contribution in [1.82, 2.24) is 15.2 Å². The molecular weight excluding hydrogens is 664 g/mol. The van der Waals surface area contributed by atoms with Gasteiger partial charge in [-0.15, -0.1) is 0 Å². The van der Waals surface area contributed by atoms with Crippen LogP contribution in [0.2, 0.25) is 5.02 Å². The molecule has 1 fully saturated rings. The fraction of sp³-hybridized carbons (Fsp3) is 0.375. The molecule has 1 aliphatic heterocycles. The van der Waals surface area contributed by atoms with E-state index in [1.807, 2.05) is 0 Å². The van der Waals surface area contributed by atoms with Crippen molar-refractivity contribution < 1.29 is 52.0 Å². The van der Waals surface area contributed by atoms with Crippen molar-refractivity contribution in [2.24, 2.45) is 0 Å². The number of nitrogen functional groups attached to an aromatic ring is 1. The van der Waals surface area contributed by atoms with Crippen molar-refractivity contribution in [2.45, 2.75) is 57.0 Å². The molecule has 1 aromatic heterocycles. The van der Waals surface area contributed by atoms with E-state index in [1.165, 1.54) is 17.0 Å². The number of carboxylic acids is 1. The summed E-state index contributed by atoms with van der Waals surface area (Å²) in [7, 11) is 0. The number of pyridine rings is 1. The molecule has 2 heterocycles. The van der Waals surface area contributed by atoms with E-state index in [2.05, 4.69) is 10.3 Å². The van der Waals surface area contributed by atoms with Crippen LogP contribution in [0.15, 0.2) is 54.7 Å². The number of hydrogen-bond acceptors (Lipinski definition) is 8. The first kappa shape index (κ1) is 38.0. The molecule has 0 radical (unpaired) electrons. The maximum Gasteiger partial charge on any atom is 0.490 e. The molecule has 0 saturated carbocycles. The smallest absolute Gasteiger partial charge is 0.475 e. The lowest BCUT2D eigenvalue weighted by molar-refractivity contribution is -0.192. The summed E-state index contributed by atoms with van der Waals surface area (Å²) in [5, 5.41) is 29.9. The lowest BCUT2D eigenvalue weighted by Crippen LogP contribution is -2.41. The molecule has 3 aromatic rings. The van der Waals surface area contributed by atoms with Gasteiger partial charge in [-0.3, -0.25) is 4.79 Å². The zero-order valence-corrected chi connectivity index (χ0v) is 26.8. The van der Waals surface area contributed by atoms with Crippen LogP contribution >= 0.6 is 11.6 Å². The fourth-order valence-electron chi connectivity index (χ4n) is 4.88. The van der Waals surface area contributed by atoms with Gasteiger partial charge in [-0.05, 0) is 74.2 Å². The van der Waals surface area contributed by atoms with Crippen LogP contribution in [-0.4, -0.2) is 80.8 Å². The summed E-state index contributed by atoms with van der Waals surface area (Å²) in [6.07, 6.45) is -3.48. The number of likely N-dealkylation sites (tertiary alicyclic amines) is 1. The van der Waals surface area contributed by atoms with E-state index in [-0.39, 0.29) is 23.9 Å². The van der Waals surface area contributed by atoms with Crippen LogP contribution in [-0.2, 0) is 9.53 Å². The second-order valence-electron chi connectivity index (χ2n) is 11.9. The third-order valence-electron chi connectivity index (χ3n) is 7.17. The van der Waals surface area contributed by atoms with Crippen LogP contribution in [0.4, 0.5) is 28.2 Å². The van der Waals surface area contributed by atoms with Crippen molar-refractivity contribution >= 4 is 35.4 Å². The van der Waals surface area contributed by atoms with Gasteiger partial charge < -0.3 is 36.0 Å². The van der Waals surface area contributed by atoms with Gasteiger partial charge in [0.1, 0.15) is 17.2 Å². The molecule has 0 bridgehead atoms. The highest BCUT2D eigenvalue weighted by Crippen LogP contribution is 2.36. The Morgan fingerprint density at radius 2 is 1.79 bits per heavy atom. The molecule has 0 unspecified atom stereocenters. The number of carbonyl (C=O) groups excluding carboxylic acids is 2. The molecular formula is C32H35ClF4N4O7. The van der Waals surface area contributed by atoms with Gasteiger partial charge in [0, 0.05) is 29.2 Å². The van der Waals surface area contributed by atoms with Gasteiger partial charge in [0.25, 0.3) is 5.91 Å². The Bertz CT molecular complexity index is 1630. The van der Waals surface area contributed by atoms with Gasteiger partial charge in [0.2, 0.25) is 0 Å². The van der Waals surface area contributed by atoms with E-state index in [1.54, 1.807) is 63.4 Å². The Balaban J connectivity index is 0.000000804. The van der Waals surface area contributed by atoms with Crippen molar-refractivity contribution in [3.05, 3.63) is 82.3 Å². The zero-order chi connectivity index (χ0) is 36.0. The van der Waals surface area contributed by atoms with E-state index >= 15 is 4.39 Å². The molecule has 0 aliphatic carbocycles. The Hall–Kier alpha value is -4.47. The predicted molar refractivity (Wildman–Crippen MR) is 168 cm³/mol. The molecule has 6 N–H and O–H groups in total. The predicted octanol–water partition coefficient (Wildman–Crippen LogP) is 5.31. The Labute approximate surface area is 278 Å². The summed E-state index contributed by atoms with van der Waals surface area (Å²) in [6, 6.07) is 11.4. The lowest BCUT2D eigenvalue weighted by Gasteiger charge is -2.27. The van der Waals surface area contributed by atoms with E-state index in [9.17, 15) is 33.0 Å². The topological polar surface area (TPSA) is 175 Å². The quantitative estimate of drug-likeness (QED) is 0.205. The van der Waals surface area contributed by atoms with Gasteiger partial charge in [0.15, 0.2) is 0 Å². The van der Waals surface area contributed by atoms with Crippen LogP contribution in [0.1, 0.15) is 60.6 Å². The molecule has 2 aromatic carbocycles. The fourth-order valence-corrected chi connectivity index (χ4v) is 5.08. The van der Waals surface area contributed by atoms with Gasteiger partial charge in [-0.2, -0.15) is 13.2 Å². The second-order valence-corrected chi connectivity index (χ2v) is 12.3. The number of ether oxygens (including phenoxy) is 1. The van der Waals surface area contributed by atoms with Crippen LogP contribution in [0.25, 0.3) is 11.1 Å². The third-order valence-corrected chi connectivity index (χ3v) is 7.41. The number of aromatic nitrogens is 1. The highest BCUT2D eigenvalue weighted by atomic mass is 35.5. The van der Waals surface area contributed by atoms with E-state index < -0.39 is 54.3 Å². The lowest BCUT2D eigenvalue weighted by atomic mass is 9.94. The average Bonchev–Trinajstić information content (AvgIpc) is 3.44. The maximum absolute atomic E-state index is 15.2. The summed E-state index contributed by atoms with van der Waals surface area (Å²) >= 11 is 6.02. The largest absolute Gasteiger partial charge is 0.490 e. The van der Waals surface area contributed by atoms with Crippen molar-refractivity contribution in [1.29, 1.82) is 0 Å². The minimum atomic E-state index is -5.08. The monoisotopic (exact) mass is 698 g/mol. The van der Waals surface area contributed by atoms with Crippen molar-refractivity contribution in [2.75, 3.05) is 25.5 Å². The first-order chi connectivity index (χ1) is 22.3. The van der Waals surface area contributed by atoms with E-state index in [4.69, 9.17) is 32.0 Å². The number of nitrogens with two attached hydrogens (primary N) is 1. The SMILES string of the molecule is CC(C)(C)OC(=O)N1C[C@@H](c2cnc(N)c(-c3ccc(C(=O)N[C@H](CO)c4cccc(Cl)c4)c(F)c3)c2)C[C@H]1CO.O=C(O)C(F)(F)F. The van der Waals surface area contributed by atoms with Gasteiger partial charge in [-0.1, -0.05) is 29.8 Å². The molecule has 1 saturated heterocycles. The number of alkyl halides is 3. The molecule has 16 heteroatoms. The number of rotatable bonds is 7. The summed E-state index contributed by atoms with van der Waals surface area (Å²) in [5.74, 6) is -4.20. The number of nitrogens with one attached hydrogen (secondary N) is 1. The first-order valence-electron chi connectivity index (χ1n) is 14.5. The highest BCUT2D eigenvalue weighted by Gasteiger charge is 2.39. The molecule has 4 rings (SSSR count). The number of nitrogens with zero attached hydrogens (tertiary/aromatic N) is 2. The van der Waals surface area contributed by atoms with Gasteiger partial charge in [-0.25, -0.2) is 19.0 Å². The standard InChI is InChI=1S/C30H34ClFN4O5.C2HF3O2/c1-30(2,3)41-29(40)36-14-20(10-22(36)15-37)19-11-24(27(33)34-13-19)17-7-8-23(25(32)12-17)28(39)35-26(16-38)18-5-4-6-21(31)9-18;3-2(4,5)1(6)7/h4-9,11-13,20,22,26,37-38H,10,14-16H2,1-3H3,(H2,33,34)(H,35,39);(H,6,7)/t20-,22-,26+;/m0./s1. The number of carboxylic acid groups (broad SMARTS) is 1. The van der Waals surface area contributed by atoms with Gasteiger partial charge in [0.05, 0.1) is 30.9 Å². The molecule has 48 heavy (non-hydrogen) atoms. The second kappa shape index (κ2) is 15.6. The maximum atomic E-state index is 15.2. The summed E-state index contributed by atoms with van der Waals surface area (Å²) < 4.78 is 52.5. The number of amides is 2. The molecule has 2 amide bonds. The third kappa shape index (κ3) is 10.0. The molecule has 1 aliphatic rings. The van der Waals surface area contributed by atoms with E-state index in [0.717, 1.165) is 5.56 Å². The number of aliphatic hydroxyl groups excluding tert-OH is 2. The number of benzene rings is 2. The first-order valence-corrected chi connectivity index (χ1v) is 14.9. The minimum Gasteiger partial charge on any atom is -0.475 e. The average molecular weight is 699 g/mol. The summed E-state index contributed by atoms with van der Waals surface area (Å²) in [6.45, 7) is 5.04. The van der Waals surface area contributed by atoms with Crippen LogP contribution in [0.5, 0.6) is 0 Å². The van der Waals surface area contributed by atoms with Gasteiger partial charge >= 0.3 is 18.2 Å².